The van der Waals surface area contributed by atoms with Gasteiger partial charge in [0, 0.05) is 37.1 Å². The lowest BCUT2D eigenvalue weighted by molar-refractivity contribution is 0.777. The summed E-state index contributed by atoms with van der Waals surface area (Å²) in [6, 6.07) is 15.9. The first-order valence-corrected chi connectivity index (χ1v) is 10.6. The fourth-order valence-electron chi connectivity index (χ4n) is 4.05. The van der Waals surface area contributed by atoms with E-state index in [-0.39, 0.29) is 5.69 Å². The highest BCUT2D eigenvalue weighted by molar-refractivity contribution is 5.93. The summed E-state index contributed by atoms with van der Waals surface area (Å²) < 4.78 is 3.69. The van der Waals surface area contributed by atoms with Crippen LogP contribution in [0.1, 0.15) is 12.5 Å². The Morgan fingerprint density at radius 3 is 2.76 bits per heavy atom. The van der Waals surface area contributed by atoms with Gasteiger partial charge in [-0.25, -0.2) is 19.8 Å². The van der Waals surface area contributed by atoms with E-state index in [0.29, 0.717) is 23.5 Å². The van der Waals surface area contributed by atoms with Crippen molar-refractivity contribution in [3.8, 4) is 11.4 Å². The predicted octanol–water partition coefficient (Wildman–Crippen LogP) is 4.28. The standard InChI is InChI=1S/C25H23N7O/c1-4-13-32(26-2)19-10-8-17(9-11-19)16-31-24-21(28-25(31)33)15-27-23(29-24)20-7-5-6-18-12-14-30(3)22(18)20/h4-15H,2,16H2,1,3H3,(H,28,33)/b13-4-. The molecule has 8 heteroatoms. The molecule has 3 aromatic heterocycles. The highest BCUT2D eigenvalue weighted by atomic mass is 16.1. The molecule has 0 unspecified atom stereocenters. The average Bonchev–Trinajstić information content (AvgIpc) is 3.37. The number of nitrogens with zero attached hydrogens (tertiary/aromatic N) is 6. The molecule has 0 saturated heterocycles. The van der Waals surface area contributed by atoms with Crippen LogP contribution in [-0.4, -0.2) is 30.8 Å². The number of hydrogen-bond acceptors (Lipinski definition) is 5. The van der Waals surface area contributed by atoms with Crippen LogP contribution in [0.2, 0.25) is 0 Å². The predicted molar refractivity (Wildman–Crippen MR) is 132 cm³/mol. The average molecular weight is 438 g/mol. The van der Waals surface area contributed by atoms with Crippen molar-refractivity contribution in [1.82, 2.24) is 24.1 Å². The molecule has 0 radical (unpaired) electrons. The van der Waals surface area contributed by atoms with Gasteiger partial charge in [0.1, 0.15) is 5.52 Å². The van der Waals surface area contributed by atoms with Gasteiger partial charge in [0.15, 0.2) is 11.5 Å². The van der Waals surface area contributed by atoms with Crippen molar-refractivity contribution in [3.05, 3.63) is 89.2 Å². The highest BCUT2D eigenvalue weighted by Gasteiger charge is 2.14. The molecular formula is C25H23N7O. The summed E-state index contributed by atoms with van der Waals surface area (Å²) in [5.41, 5.74) is 4.79. The van der Waals surface area contributed by atoms with Crippen molar-refractivity contribution in [2.75, 3.05) is 5.01 Å². The molecule has 0 aliphatic carbocycles. The third-order valence-electron chi connectivity index (χ3n) is 5.63. The Labute approximate surface area is 190 Å². The summed E-state index contributed by atoms with van der Waals surface area (Å²) in [6.45, 7) is 5.90. The quantitative estimate of drug-likeness (QED) is 0.317. The number of rotatable bonds is 6. The largest absolute Gasteiger partial charge is 0.350 e. The number of anilines is 1. The Hall–Kier alpha value is -4.46. The van der Waals surface area contributed by atoms with E-state index < -0.39 is 0 Å². The van der Waals surface area contributed by atoms with E-state index in [2.05, 4.69) is 38.5 Å². The molecule has 0 aliphatic heterocycles. The first-order valence-electron chi connectivity index (χ1n) is 10.6. The topological polar surface area (TPSA) is 84.1 Å². The Kier molecular flexibility index (Phi) is 5.10. The Bertz CT molecular complexity index is 1550. The van der Waals surface area contributed by atoms with Gasteiger partial charge >= 0.3 is 5.69 Å². The molecule has 5 rings (SSSR count). The van der Waals surface area contributed by atoms with Crippen molar-refractivity contribution < 1.29 is 0 Å². The minimum atomic E-state index is -0.221. The van der Waals surface area contributed by atoms with Crippen molar-refractivity contribution in [2.24, 2.45) is 12.1 Å². The van der Waals surface area contributed by atoms with Gasteiger partial charge in [-0.1, -0.05) is 30.3 Å². The minimum Gasteiger partial charge on any atom is -0.350 e. The van der Waals surface area contributed by atoms with E-state index in [1.807, 2.05) is 68.8 Å². The molecule has 0 saturated carbocycles. The number of H-pyrrole nitrogens is 1. The number of hydrazone groups is 1. The minimum absolute atomic E-state index is 0.221. The van der Waals surface area contributed by atoms with E-state index >= 15 is 0 Å². The lowest BCUT2D eigenvalue weighted by Crippen LogP contribution is -2.18. The smallest absolute Gasteiger partial charge is 0.328 e. The van der Waals surface area contributed by atoms with Crippen LogP contribution >= 0.6 is 0 Å². The fourth-order valence-corrected chi connectivity index (χ4v) is 4.05. The molecule has 0 spiro atoms. The number of para-hydroxylation sites is 1. The van der Waals surface area contributed by atoms with Crippen LogP contribution in [0.5, 0.6) is 0 Å². The van der Waals surface area contributed by atoms with Gasteiger partial charge in [-0.05, 0) is 36.8 Å². The summed E-state index contributed by atoms with van der Waals surface area (Å²) in [4.78, 5) is 24.9. The number of aryl methyl sites for hydroxylation is 1. The number of imidazole rings is 1. The van der Waals surface area contributed by atoms with Crippen LogP contribution in [0.25, 0.3) is 33.5 Å². The lowest BCUT2D eigenvalue weighted by Gasteiger charge is -2.14. The maximum atomic E-state index is 12.7. The van der Waals surface area contributed by atoms with E-state index in [1.165, 1.54) is 0 Å². The number of aromatic amines is 1. The number of benzene rings is 2. The molecule has 1 N–H and O–H groups in total. The number of fused-ring (bicyclic) bond motifs is 2. The lowest BCUT2D eigenvalue weighted by atomic mass is 10.1. The summed E-state index contributed by atoms with van der Waals surface area (Å²) in [5, 5.41) is 6.79. The van der Waals surface area contributed by atoms with Gasteiger partial charge in [0.2, 0.25) is 0 Å². The van der Waals surface area contributed by atoms with Gasteiger partial charge in [0.05, 0.1) is 23.9 Å². The number of nitrogens with one attached hydrogen (secondary N) is 1. The summed E-state index contributed by atoms with van der Waals surface area (Å²) in [6.07, 6.45) is 7.41. The molecule has 0 fully saturated rings. The number of allylic oxidation sites excluding steroid dienone is 1. The van der Waals surface area contributed by atoms with E-state index in [4.69, 9.17) is 4.98 Å². The van der Waals surface area contributed by atoms with Crippen LogP contribution in [0.15, 0.2) is 83.1 Å². The van der Waals surface area contributed by atoms with Gasteiger partial charge in [-0.3, -0.25) is 4.57 Å². The number of aromatic nitrogens is 5. The molecule has 5 aromatic rings. The maximum absolute atomic E-state index is 12.7. The molecule has 0 amide bonds. The van der Waals surface area contributed by atoms with Crippen LogP contribution in [0.3, 0.4) is 0 Å². The molecule has 3 heterocycles. The van der Waals surface area contributed by atoms with Gasteiger partial charge in [-0.15, -0.1) is 0 Å². The zero-order chi connectivity index (χ0) is 22.9. The van der Waals surface area contributed by atoms with Gasteiger partial charge < -0.3 is 9.55 Å². The van der Waals surface area contributed by atoms with E-state index in [1.54, 1.807) is 15.8 Å². The normalized spacial score (nSPS) is 11.6. The molecule has 2 aromatic carbocycles. The van der Waals surface area contributed by atoms with Crippen LogP contribution in [-0.2, 0) is 13.6 Å². The second-order valence-electron chi connectivity index (χ2n) is 7.75. The van der Waals surface area contributed by atoms with Crippen LogP contribution < -0.4 is 10.7 Å². The van der Waals surface area contributed by atoms with Crippen LogP contribution in [0, 0.1) is 0 Å². The second-order valence-corrected chi connectivity index (χ2v) is 7.75. The zero-order valence-corrected chi connectivity index (χ0v) is 18.4. The molecular weight excluding hydrogens is 414 g/mol. The molecule has 0 aliphatic rings. The Morgan fingerprint density at radius 2 is 2.00 bits per heavy atom. The Morgan fingerprint density at radius 1 is 1.18 bits per heavy atom. The Balaban J connectivity index is 1.54. The van der Waals surface area contributed by atoms with Gasteiger partial charge in [0.25, 0.3) is 0 Å². The molecule has 164 valence electrons. The SMILES string of the molecule is C=NN(/C=C\C)c1ccc(Cn2c(=O)[nH]c3cnc(-c4cccc5ccn(C)c45)nc32)cc1. The summed E-state index contributed by atoms with van der Waals surface area (Å²) >= 11 is 0. The molecule has 0 bridgehead atoms. The van der Waals surface area contributed by atoms with E-state index in [9.17, 15) is 4.79 Å². The van der Waals surface area contributed by atoms with Crippen molar-refractivity contribution in [1.29, 1.82) is 0 Å². The summed E-state index contributed by atoms with van der Waals surface area (Å²) in [7, 11) is 2.00. The monoisotopic (exact) mass is 437 g/mol. The second kappa shape index (κ2) is 8.23. The third-order valence-corrected chi connectivity index (χ3v) is 5.63. The van der Waals surface area contributed by atoms with E-state index in [0.717, 1.165) is 27.7 Å². The summed E-state index contributed by atoms with van der Waals surface area (Å²) in [5.74, 6) is 0.581. The zero-order valence-electron chi connectivity index (χ0n) is 18.4. The maximum Gasteiger partial charge on any atom is 0.328 e. The molecule has 0 atom stereocenters. The third kappa shape index (κ3) is 3.61. The van der Waals surface area contributed by atoms with Gasteiger partial charge in [-0.2, -0.15) is 5.10 Å². The fraction of sp³-hybridized carbons (Fsp3) is 0.120. The molecule has 8 nitrogen and oxygen atoms in total. The van der Waals surface area contributed by atoms with Crippen LogP contribution in [0.4, 0.5) is 5.69 Å². The first-order chi connectivity index (χ1) is 16.1. The molecule has 33 heavy (non-hydrogen) atoms. The van der Waals surface area contributed by atoms with Crippen molar-refractivity contribution in [3.63, 3.8) is 0 Å². The highest BCUT2D eigenvalue weighted by Crippen LogP contribution is 2.27. The number of hydrogen-bond donors (Lipinski definition) is 1. The first kappa shape index (κ1) is 20.4. The van der Waals surface area contributed by atoms with Crippen molar-refractivity contribution >= 4 is 34.5 Å². The van der Waals surface area contributed by atoms with Crippen molar-refractivity contribution in [2.45, 2.75) is 13.5 Å².